The molecule has 1 heterocycles. The first-order valence-electron chi connectivity index (χ1n) is 12.2. The Balaban J connectivity index is 1.78. The summed E-state index contributed by atoms with van der Waals surface area (Å²) in [5.41, 5.74) is 4.12. The first-order chi connectivity index (χ1) is 16.8. The first kappa shape index (κ1) is 21.6. The van der Waals surface area contributed by atoms with Gasteiger partial charge in [-0.3, -0.25) is 14.5 Å². The van der Waals surface area contributed by atoms with Crippen LogP contribution in [-0.4, -0.2) is 11.7 Å². The van der Waals surface area contributed by atoms with Crippen LogP contribution >= 0.6 is 0 Å². The van der Waals surface area contributed by atoms with Crippen molar-refractivity contribution in [3.8, 4) is 0 Å². The summed E-state index contributed by atoms with van der Waals surface area (Å²) < 4.78 is 0. The summed E-state index contributed by atoms with van der Waals surface area (Å²) in [7, 11) is 0. The zero-order chi connectivity index (χ0) is 24.3. The molecule has 1 aliphatic carbocycles. The number of ketones is 1. The number of carbonyl (C=O) groups is 2. The van der Waals surface area contributed by atoms with Crippen molar-refractivity contribution in [3.05, 3.63) is 95.7 Å². The van der Waals surface area contributed by atoms with Crippen molar-refractivity contribution in [1.82, 2.24) is 0 Å². The number of amides is 1. The number of fused-ring (bicyclic) bond motifs is 3. The van der Waals surface area contributed by atoms with Crippen molar-refractivity contribution in [1.29, 1.82) is 0 Å². The molecule has 2 aliphatic rings. The van der Waals surface area contributed by atoms with E-state index in [4.69, 9.17) is 0 Å². The van der Waals surface area contributed by atoms with Crippen LogP contribution in [0, 0.1) is 5.41 Å². The van der Waals surface area contributed by atoms with Gasteiger partial charge in [0.25, 0.3) is 0 Å². The number of Topliss-reactive ketones (excluding diaryl/α,β-unsaturated/α-hetero) is 1. The molecule has 1 N–H and O–H groups in total. The highest BCUT2D eigenvalue weighted by Crippen LogP contribution is 2.50. The molecule has 4 aromatic rings. The summed E-state index contributed by atoms with van der Waals surface area (Å²) in [5, 5.41) is 7.91. The van der Waals surface area contributed by atoms with E-state index < -0.39 is 6.04 Å². The van der Waals surface area contributed by atoms with Crippen LogP contribution in [0.1, 0.15) is 45.2 Å². The number of anilines is 2. The van der Waals surface area contributed by atoms with E-state index in [1.54, 1.807) is 6.92 Å². The molecule has 0 spiro atoms. The van der Waals surface area contributed by atoms with Crippen molar-refractivity contribution in [3.63, 3.8) is 0 Å². The van der Waals surface area contributed by atoms with Gasteiger partial charge in [0.2, 0.25) is 5.91 Å². The van der Waals surface area contributed by atoms with E-state index in [0.29, 0.717) is 12.0 Å². The molecular formula is C31H28N2O2. The molecule has 6 rings (SSSR count). The van der Waals surface area contributed by atoms with E-state index in [1.807, 2.05) is 53.4 Å². The molecule has 1 atom stereocenters. The fourth-order valence-corrected chi connectivity index (χ4v) is 5.95. The Morgan fingerprint density at radius 2 is 1.49 bits per heavy atom. The van der Waals surface area contributed by atoms with Crippen LogP contribution in [0.3, 0.4) is 0 Å². The molecule has 0 bridgehead atoms. The second-order valence-electron chi connectivity index (χ2n) is 10.5. The summed E-state index contributed by atoms with van der Waals surface area (Å²) in [5.74, 6) is 0.0115. The smallest absolute Gasteiger partial charge is 0.224 e. The van der Waals surface area contributed by atoms with Gasteiger partial charge in [-0.15, -0.1) is 0 Å². The number of nitrogens with one attached hydrogen (secondary N) is 1. The Morgan fingerprint density at radius 3 is 2.14 bits per heavy atom. The lowest BCUT2D eigenvalue weighted by atomic mass is 9.72. The Labute approximate surface area is 205 Å². The fraction of sp³-hybridized carbons (Fsp3) is 0.226. The average Bonchev–Trinajstić information content (AvgIpc) is 2.95. The zero-order valence-electron chi connectivity index (χ0n) is 20.3. The number of carbonyl (C=O) groups excluding carboxylic acids is 2. The molecule has 0 saturated carbocycles. The second kappa shape index (κ2) is 7.81. The van der Waals surface area contributed by atoms with Crippen LogP contribution in [0.25, 0.3) is 21.5 Å². The predicted molar refractivity (Wildman–Crippen MR) is 142 cm³/mol. The number of nitrogens with zero attached hydrogens (tertiary/aromatic N) is 1. The van der Waals surface area contributed by atoms with Crippen LogP contribution in [0.15, 0.2) is 90.1 Å². The minimum absolute atomic E-state index is 0.0901. The van der Waals surface area contributed by atoms with Crippen LogP contribution in [-0.2, 0) is 9.59 Å². The predicted octanol–water partition coefficient (Wildman–Crippen LogP) is 7.16. The number of allylic oxidation sites excluding steroid dienone is 1. The quantitative estimate of drug-likeness (QED) is 0.307. The van der Waals surface area contributed by atoms with Crippen molar-refractivity contribution in [2.45, 2.75) is 39.7 Å². The van der Waals surface area contributed by atoms with Gasteiger partial charge >= 0.3 is 0 Å². The van der Waals surface area contributed by atoms with Crippen molar-refractivity contribution >= 4 is 44.6 Å². The van der Waals surface area contributed by atoms with Gasteiger partial charge in [-0.25, -0.2) is 0 Å². The number of rotatable bonds is 1. The highest BCUT2D eigenvalue weighted by Gasteiger charge is 2.43. The molecule has 1 aliphatic heterocycles. The van der Waals surface area contributed by atoms with E-state index in [1.165, 1.54) is 0 Å². The van der Waals surface area contributed by atoms with Crippen LogP contribution < -0.4 is 10.2 Å². The molecule has 0 unspecified atom stereocenters. The van der Waals surface area contributed by atoms with Gasteiger partial charge < -0.3 is 5.32 Å². The van der Waals surface area contributed by atoms with E-state index in [9.17, 15) is 9.59 Å². The van der Waals surface area contributed by atoms with Gasteiger partial charge in [0, 0.05) is 24.6 Å². The Kier molecular flexibility index (Phi) is 4.82. The summed E-state index contributed by atoms with van der Waals surface area (Å²) in [6.07, 6.45) is 1.20. The largest absolute Gasteiger partial charge is 0.357 e. The van der Waals surface area contributed by atoms with E-state index in [0.717, 1.165) is 50.6 Å². The van der Waals surface area contributed by atoms with Crippen LogP contribution in [0.2, 0.25) is 0 Å². The molecule has 0 aromatic heterocycles. The Hall–Kier alpha value is -3.92. The lowest BCUT2D eigenvalue weighted by Crippen LogP contribution is -2.38. The lowest BCUT2D eigenvalue weighted by Gasteiger charge is -2.37. The molecule has 0 saturated heterocycles. The van der Waals surface area contributed by atoms with E-state index >= 15 is 0 Å². The maximum absolute atomic E-state index is 13.9. The topological polar surface area (TPSA) is 49.4 Å². The lowest BCUT2D eigenvalue weighted by molar-refractivity contribution is -0.118. The Bertz CT molecular complexity index is 1510. The summed E-state index contributed by atoms with van der Waals surface area (Å²) >= 11 is 0. The highest BCUT2D eigenvalue weighted by atomic mass is 16.2. The van der Waals surface area contributed by atoms with Gasteiger partial charge in [0.15, 0.2) is 5.78 Å². The van der Waals surface area contributed by atoms with E-state index in [-0.39, 0.29) is 17.1 Å². The molecule has 0 radical (unpaired) electrons. The minimum atomic E-state index is -0.529. The summed E-state index contributed by atoms with van der Waals surface area (Å²) in [6.45, 7) is 5.87. The molecule has 174 valence electrons. The van der Waals surface area contributed by atoms with Crippen molar-refractivity contribution in [2.24, 2.45) is 5.41 Å². The number of benzene rings is 4. The average molecular weight is 461 g/mol. The molecule has 4 nitrogen and oxygen atoms in total. The molecule has 0 fully saturated rings. The molecule has 4 aromatic carbocycles. The maximum Gasteiger partial charge on any atom is 0.224 e. The maximum atomic E-state index is 13.9. The summed E-state index contributed by atoms with van der Waals surface area (Å²) in [6, 6.07) is 26.1. The third-order valence-electron chi connectivity index (χ3n) is 7.33. The number of hydrogen-bond donors (Lipinski definition) is 1. The van der Waals surface area contributed by atoms with Gasteiger partial charge in [0.05, 0.1) is 17.4 Å². The van der Waals surface area contributed by atoms with Crippen molar-refractivity contribution < 1.29 is 9.59 Å². The van der Waals surface area contributed by atoms with E-state index in [2.05, 4.69) is 49.5 Å². The SMILES string of the molecule is CC(=O)N1c2ccccc2NC2=C(C(=O)CC(C)(C)C2)[C@H]1c1c2ccccc2cc2ccccc12. The normalized spacial score (nSPS) is 19.2. The fourth-order valence-electron chi connectivity index (χ4n) is 5.95. The Morgan fingerprint density at radius 1 is 0.886 bits per heavy atom. The van der Waals surface area contributed by atoms with Gasteiger partial charge in [-0.1, -0.05) is 74.5 Å². The molecule has 4 heteroatoms. The van der Waals surface area contributed by atoms with Crippen LogP contribution in [0.4, 0.5) is 11.4 Å². The first-order valence-corrected chi connectivity index (χ1v) is 12.2. The van der Waals surface area contributed by atoms with Gasteiger partial charge in [-0.2, -0.15) is 0 Å². The number of hydrogen-bond acceptors (Lipinski definition) is 3. The third kappa shape index (κ3) is 3.44. The zero-order valence-corrected chi connectivity index (χ0v) is 20.3. The van der Waals surface area contributed by atoms with Gasteiger partial charge in [-0.05, 0) is 57.1 Å². The van der Waals surface area contributed by atoms with Crippen LogP contribution in [0.5, 0.6) is 0 Å². The van der Waals surface area contributed by atoms with Crippen molar-refractivity contribution in [2.75, 3.05) is 10.2 Å². The molecular weight excluding hydrogens is 432 g/mol. The monoisotopic (exact) mass is 460 g/mol. The molecule has 1 amide bonds. The minimum Gasteiger partial charge on any atom is -0.357 e. The second-order valence-corrected chi connectivity index (χ2v) is 10.5. The highest BCUT2D eigenvalue weighted by molar-refractivity contribution is 6.10. The third-order valence-corrected chi connectivity index (χ3v) is 7.33. The van der Waals surface area contributed by atoms with Gasteiger partial charge in [0.1, 0.15) is 0 Å². The standard InChI is InChI=1S/C31H28N2O2/c1-19(34)33-26-15-9-8-14-24(26)32-25-17-31(2,3)18-27(35)29(25)30(33)28-22-12-6-4-10-20(22)16-21-11-5-7-13-23(21)28/h4-16,30,32H,17-18H2,1-3H3/t30-/m1/s1. The summed E-state index contributed by atoms with van der Waals surface area (Å²) in [4.78, 5) is 29.2. The number of para-hydroxylation sites is 2. The molecule has 35 heavy (non-hydrogen) atoms.